The molecule has 1 heterocycles. The van der Waals surface area contributed by atoms with Crippen molar-refractivity contribution >= 4 is 17.3 Å². The van der Waals surface area contributed by atoms with Crippen LogP contribution in [0.5, 0.6) is 0 Å². The zero-order chi connectivity index (χ0) is 12.1. The van der Waals surface area contributed by atoms with Gasteiger partial charge in [0.2, 0.25) is 5.91 Å². The minimum Gasteiger partial charge on any atom is -0.385 e. The fraction of sp³-hybridized carbons (Fsp3) is 0.462. The van der Waals surface area contributed by atoms with Crippen LogP contribution in [-0.4, -0.2) is 26.2 Å². The Balaban J connectivity index is 2.08. The van der Waals surface area contributed by atoms with Crippen LogP contribution in [0.15, 0.2) is 18.2 Å². The molecule has 1 aromatic carbocycles. The smallest absolute Gasteiger partial charge is 0.226 e. The molecule has 92 valence electrons. The van der Waals surface area contributed by atoms with Crippen molar-refractivity contribution in [2.45, 2.75) is 19.3 Å². The fourth-order valence-corrected chi connectivity index (χ4v) is 2.03. The van der Waals surface area contributed by atoms with E-state index in [1.54, 1.807) is 7.11 Å². The van der Waals surface area contributed by atoms with Gasteiger partial charge in [-0.15, -0.1) is 0 Å². The van der Waals surface area contributed by atoms with E-state index in [1.165, 1.54) is 5.56 Å². The first kappa shape index (κ1) is 11.9. The molecule has 1 amide bonds. The Kier molecular flexibility index (Phi) is 3.98. The van der Waals surface area contributed by atoms with Crippen molar-refractivity contribution in [1.82, 2.24) is 0 Å². The number of anilines is 2. The molecule has 0 unspecified atom stereocenters. The molecule has 2 N–H and O–H groups in total. The molecule has 0 aromatic heterocycles. The van der Waals surface area contributed by atoms with Crippen molar-refractivity contribution in [3.63, 3.8) is 0 Å². The second kappa shape index (κ2) is 5.68. The number of nitrogens with one attached hydrogen (secondary N) is 2. The van der Waals surface area contributed by atoms with Gasteiger partial charge in [-0.25, -0.2) is 0 Å². The predicted octanol–water partition coefficient (Wildman–Crippen LogP) is 2.02. The molecule has 0 spiro atoms. The summed E-state index contributed by atoms with van der Waals surface area (Å²) in [7, 11) is 1.60. The third kappa shape index (κ3) is 2.97. The van der Waals surface area contributed by atoms with Gasteiger partial charge in [0.05, 0.1) is 13.0 Å². The standard InChI is InChI=1S/C13H18N2O2/c1-17-9-7-13(16)15-12-6-2-5-11-10(12)4-3-8-14-11/h2,5-6,14H,3-4,7-9H2,1H3,(H,15,16). The highest BCUT2D eigenvalue weighted by atomic mass is 16.5. The molecule has 2 rings (SSSR count). The van der Waals surface area contributed by atoms with E-state index in [1.807, 2.05) is 12.1 Å². The van der Waals surface area contributed by atoms with Gasteiger partial charge in [-0.2, -0.15) is 0 Å². The fourth-order valence-electron chi connectivity index (χ4n) is 2.03. The first-order chi connectivity index (χ1) is 8.31. The van der Waals surface area contributed by atoms with Crippen molar-refractivity contribution in [2.24, 2.45) is 0 Å². The van der Waals surface area contributed by atoms with E-state index in [9.17, 15) is 4.79 Å². The van der Waals surface area contributed by atoms with Gasteiger partial charge < -0.3 is 15.4 Å². The molecule has 1 aromatic rings. The van der Waals surface area contributed by atoms with E-state index >= 15 is 0 Å². The number of methoxy groups -OCH3 is 1. The number of ether oxygens (including phenoxy) is 1. The normalized spacial score (nSPS) is 13.7. The summed E-state index contributed by atoms with van der Waals surface area (Å²) in [5.74, 6) is 0.00539. The van der Waals surface area contributed by atoms with Crippen LogP contribution in [0.1, 0.15) is 18.4 Å². The summed E-state index contributed by atoms with van der Waals surface area (Å²) in [5, 5.41) is 6.29. The maximum atomic E-state index is 11.6. The highest BCUT2D eigenvalue weighted by Gasteiger charge is 2.13. The molecule has 4 nitrogen and oxygen atoms in total. The van der Waals surface area contributed by atoms with Crippen LogP contribution in [0.3, 0.4) is 0 Å². The summed E-state index contributed by atoms with van der Waals surface area (Å²) in [6.45, 7) is 1.47. The first-order valence-corrected chi connectivity index (χ1v) is 5.96. The molecule has 4 heteroatoms. The average molecular weight is 234 g/mol. The summed E-state index contributed by atoms with van der Waals surface area (Å²) in [5.41, 5.74) is 3.28. The van der Waals surface area contributed by atoms with Crippen molar-refractivity contribution in [2.75, 3.05) is 30.9 Å². The molecule has 17 heavy (non-hydrogen) atoms. The van der Waals surface area contributed by atoms with E-state index in [2.05, 4.69) is 16.7 Å². The highest BCUT2D eigenvalue weighted by Crippen LogP contribution is 2.28. The third-order valence-corrected chi connectivity index (χ3v) is 2.90. The molecule has 1 aliphatic heterocycles. The van der Waals surface area contributed by atoms with Gasteiger partial charge in [0, 0.05) is 25.0 Å². The largest absolute Gasteiger partial charge is 0.385 e. The Morgan fingerprint density at radius 2 is 2.41 bits per heavy atom. The number of carbonyl (C=O) groups is 1. The van der Waals surface area contributed by atoms with E-state index < -0.39 is 0 Å². The van der Waals surface area contributed by atoms with Crippen LogP contribution in [-0.2, 0) is 16.0 Å². The molecule has 0 aliphatic carbocycles. The van der Waals surface area contributed by atoms with Gasteiger partial charge in [0.25, 0.3) is 0 Å². The monoisotopic (exact) mass is 234 g/mol. The number of amides is 1. The third-order valence-electron chi connectivity index (χ3n) is 2.90. The zero-order valence-corrected chi connectivity index (χ0v) is 10.1. The van der Waals surface area contributed by atoms with Gasteiger partial charge in [0.1, 0.15) is 0 Å². The summed E-state index contributed by atoms with van der Waals surface area (Å²) < 4.78 is 4.89. The van der Waals surface area contributed by atoms with Crippen molar-refractivity contribution < 1.29 is 9.53 Å². The molecule has 1 aliphatic rings. The molecule has 0 bridgehead atoms. The minimum absolute atomic E-state index is 0.00539. The summed E-state index contributed by atoms with van der Waals surface area (Å²) in [6.07, 6.45) is 2.52. The Morgan fingerprint density at radius 3 is 3.24 bits per heavy atom. The Bertz CT molecular complexity index is 404. The van der Waals surface area contributed by atoms with Crippen LogP contribution in [0, 0.1) is 0 Å². The lowest BCUT2D eigenvalue weighted by Gasteiger charge is -2.21. The summed E-state index contributed by atoms with van der Waals surface area (Å²) >= 11 is 0. The van der Waals surface area contributed by atoms with E-state index in [-0.39, 0.29) is 5.91 Å². The molecule has 0 radical (unpaired) electrons. The molecular formula is C13H18N2O2. The number of hydrogen-bond acceptors (Lipinski definition) is 3. The highest BCUT2D eigenvalue weighted by molar-refractivity contribution is 5.92. The molecular weight excluding hydrogens is 216 g/mol. The molecule has 0 saturated heterocycles. The number of fused-ring (bicyclic) bond motifs is 1. The molecule has 0 saturated carbocycles. The Hall–Kier alpha value is -1.55. The lowest BCUT2D eigenvalue weighted by atomic mass is 10.0. The maximum absolute atomic E-state index is 11.6. The van der Waals surface area contributed by atoms with Crippen LogP contribution < -0.4 is 10.6 Å². The number of hydrogen-bond donors (Lipinski definition) is 2. The van der Waals surface area contributed by atoms with Crippen LogP contribution >= 0.6 is 0 Å². The quantitative estimate of drug-likeness (QED) is 0.838. The zero-order valence-electron chi connectivity index (χ0n) is 10.1. The number of rotatable bonds is 4. The van der Waals surface area contributed by atoms with Crippen molar-refractivity contribution in [1.29, 1.82) is 0 Å². The first-order valence-electron chi connectivity index (χ1n) is 5.96. The Labute approximate surface area is 101 Å². The second-order valence-electron chi connectivity index (χ2n) is 4.15. The van der Waals surface area contributed by atoms with Gasteiger partial charge in [-0.05, 0) is 30.5 Å². The van der Waals surface area contributed by atoms with E-state index in [4.69, 9.17) is 4.74 Å². The SMILES string of the molecule is COCCC(=O)Nc1cccc2c1CCCN2. The maximum Gasteiger partial charge on any atom is 0.226 e. The summed E-state index contributed by atoms with van der Waals surface area (Å²) in [6, 6.07) is 5.97. The van der Waals surface area contributed by atoms with Gasteiger partial charge in [-0.1, -0.05) is 6.07 Å². The van der Waals surface area contributed by atoms with Gasteiger partial charge in [-0.3, -0.25) is 4.79 Å². The van der Waals surface area contributed by atoms with E-state index in [0.29, 0.717) is 13.0 Å². The summed E-state index contributed by atoms with van der Waals surface area (Å²) in [4.78, 5) is 11.6. The molecule has 0 fully saturated rings. The Morgan fingerprint density at radius 1 is 1.53 bits per heavy atom. The minimum atomic E-state index is 0.00539. The number of carbonyl (C=O) groups excluding carboxylic acids is 1. The number of benzene rings is 1. The average Bonchev–Trinajstić information content (AvgIpc) is 2.37. The predicted molar refractivity (Wildman–Crippen MR) is 68.4 cm³/mol. The van der Waals surface area contributed by atoms with Crippen molar-refractivity contribution in [3.8, 4) is 0 Å². The topological polar surface area (TPSA) is 50.4 Å². The second-order valence-corrected chi connectivity index (χ2v) is 4.15. The van der Waals surface area contributed by atoms with Crippen LogP contribution in [0.4, 0.5) is 11.4 Å². The van der Waals surface area contributed by atoms with Crippen LogP contribution in [0.2, 0.25) is 0 Å². The molecule has 0 atom stereocenters. The van der Waals surface area contributed by atoms with Gasteiger partial charge >= 0.3 is 0 Å². The lowest BCUT2D eigenvalue weighted by molar-refractivity contribution is -0.117. The van der Waals surface area contributed by atoms with Crippen LogP contribution in [0.25, 0.3) is 0 Å². The van der Waals surface area contributed by atoms with Crippen molar-refractivity contribution in [3.05, 3.63) is 23.8 Å². The van der Waals surface area contributed by atoms with E-state index in [0.717, 1.165) is 30.8 Å². The van der Waals surface area contributed by atoms with Gasteiger partial charge in [0.15, 0.2) is 0 Å². The lowest BCUT2D eigenvalue weighted by Crippen LogP contribution is -2.18.